The van der Waals surface area contributed by atoms with Crippen LogP contribution in [0.25, 0.3) is 0 Å². The van der Waals surface area contributed by atoms with Crippen molar-refractivity contribution in [2.24, 2.45) is 0 Å². The van der Waals surface area contributed by atoms with Gasteiger partial charge in [-0.05, 0) is 18.2 Å². The second-order valence-electron chi connectivity index (χ2n) is 3.73. The number of carbonyl (C=O) groups is 2. The molecule has 0 spiro atoms. The van der Waals surface area contributed by atoms with Crippen molar-refractivity contribution in [2.75, 3.05) is 0 Å². The standard InChI is InChI=1S/C13H11N3O3/c17-12(15-7-9-5-6-14-8-16-9)10-3-1-2-4-11(10)13(18)19/h1-6,8H,7H2,(H,15,17)(H,18,19). The molecule has 2 aromatic rings. The van der Waals surface area contributed by atoms with Gasteiger partial charge in [-0.1, -0.05) is 12.1 Å². The van der Waals surface area contributed by atoms with E-state index in [9.17, 15) is 9.59 Å². The maximum atomic E-state index is 11.9. The van der Waals surface area contributed by atoms with Crippen molar-refractivity contribution < 1.29 is 14.7 Å². The summed E-state index contributed by atoms with van der Waals surface area (Å²) < 4.78 is 0. The predicted molar refractivity (Wildman–Crippen MR) is 66.6 cm³/mol. The molecular formula is C13H11N3O3. The zero-order chi connectivity index (χ0) is 13.7. The lowest BCUT2D eigenvalue weighted by molar-refractivity contribution is 0.0691. The number of amides is 1. The topological polar surface area (TPSA) is 92.2 Å². The van der Waals surface area contributed by atoms with Crippen LogP contribution in [0.3, 0.4) is 0 Å². The summed E-state index contributed by atoms with van der Waals surface area (Å²) in [5.41, 5.74) is 0.753. The summed E-state index contributed by atoms with van der Waals surface area (Å²) in [4.78, 5) is 30.7. The van der Waals surface area contributed by atoms with Gasteiger partial charge in [0.1, 0.15) is 6.33 Å². The zero-order valence-electron chi connectivity index (χ0n) is 9.91. The minimum atomic E-state index is -1.13. The molecule has 1 aromatic carbocycles. The molecule has 1 amide bonds. The third-order valence-corrected chi connectivity index (χ3v) is 2.48. The Morgan fingerprint density at radius 1 is 1.16 bits per heavy atom. The molecule has 0 saturated heterocycles. The van der Waals surface area contributed by atoms with E-state index in [0.29, 0.717) is 5.69 Å². The maximum Gasteiger partial charge on any atom is 0.336 e. The number of benzene rings is 1. The van der Waals surface area contributed by atoms with E-state index in [0.717, 1.165) is 0 Å². The lowest BCUT2D eigenvalue weighted by Gasteiger charge is -2.07. The number of carbonyl (C=O) groups excluding carboxylic acids is 1. The van der Waals surface area contributed by atoms with Gasteiger partial charge in [-0.2, -0.15) is 0 Å². The van der Waals surface area contributed by atoms with Crippen LogP contribution in [0.2, 0.25) is 0 Å². The Balaban J connectivity index is 2.10. The van der Waals surface area contributed by atoms with E-state index in [4.69, 9.17) is 5.11 Å². The van der Waals surface area contributed by atoms with Crippen LogP contribution in [0.5, 0.6) is 0 Å². The third-order valence-electron chi connectivity index (χ3n) is 2.48. The maximum absolute atomic E-state index is 11.9. The first-order valence-corrected chi connectivity index (χ1v) is 5.54. The van der Waals surface area contributed by atoms with Gasteiger partial charge in [0.25, 0.3) is 5.91 Å². The summed E-state index contributed by atoms with van der Waals surface area (Å²) >= 11 is 0. The average molecular weight is 257 g/mol. The van der Waals surface area contributed by atoms with E-state index < -0.39 is 11.9 Å². The number of nitrogens with zero attached hydrogens (tertiary/aromatic N) is 2. The van der Waals surface area contributed by atoms with Crippen LogP contribution in [0.4, 0.5) is 0 Å². The van der Waals surface area contributed by atoms with Gasteiger partial charge >= 0.3 is 5.97 Å². The van der Waals surface area contributed by atoms with E-state index >= 15 is 0 Å². The Bertz CT molecular complexity index is 599. The van der Waals surface area contributed by atoms with E-state index in [1.165, 1.54) is 18.5 Å². The second kappa shape index (κ2) is 5.72. The molecule has 0 radical (unpaired) electrons. The molecule has 0 fully saturated rings. The van der Waals surface area contributed by atoms with Gasteiger partial charge in [-0.25, -0.2) is 14.8 Å². The Labute approximate surface area is 109 Å². The highest BCUT2D eigenvalue weighted by atomic mass is 16.4. The van der Waals surface area contributed by atoms with Crippen molar-refractivity contribution in [2.45, 2.75) is 6.54 Å². The average Bonchev–Trinajstić information content (AvgIpc) is 2.46. The van der Waals surface area contributed by atoms with Crippen molar-refractivity contribution in [1.29, 1.82) is 0 Å². The number of nitrogens with one attached hydrogen (secondary N) is 1. The molecule has 19 heavy (non-hydrogen) atoms. The molecular weight excluding hydrogens is 246 g/mol. The SMILES string of the molecule is O=C(O)c1ccccc1C(=O)NCc1ccncn1. The first kappa shape index (κ1) is 12.7. The molecule has 96 valence electrons. The summed E-state index contributed by atoms with van der Waals surface area (Å²) in [6.07, 6.45) is 2.95. The molecule has 0 aliphatic rings. The Kier molecular flexibility index (Phi) is 3.82. The molecule has 0 bridgehead atoms. The molecule has 0 aliphatic heterocycles. The fraction of sp³-hybridized carbons (Fsp3) is 0.0769. The molecule has 0 saturated carbocycles. The van der Waals surface area contributed by atoms with Gasteiger partial charge in [0.05, 0.1) is 23.4 Å². The summed E-state index contributed by atoms with van der Waals surface area (Å²) in [5, 5.41) is 11.6. The Morgan fingerprint density at radius 2 is 1.89 bits per heavy atom. The number of aromatic carboxylic acids is 1. The predicted octanol–water partition coefficient (Wildman–Crippen LogP) is 1.10. The molecule has 6 nitrogen and oxygen atoms in total. The lowest BCUT2D eigenvalue weighted by atomic mass is 10.1. The fourth-order valence-corrected chi connectivity index (χ4v) is 1.56. The van der Waals surface area contributed by atoms with Crippen LogP contribution in [0.15, 0.2) is 42.9 Å². The van der Waals surface area contributed by atoms with Crippen molar-refractivity contribution in [1.82, 2.24) is 15.3 Å². The normalized spacial score (nSPS) is 9.89. The first-order chi connectivity index (χ1) is 9.18. The number of hydrogen-bond donors (Lipinski definition) is 2. The Hall–Kier alpha value is -2.76. The van der Waals surface area contributed by atoms with Crippen molar-refractivity contribution in [3.63, 3.8) is 0 Å². The monoisotopic (exact) mass is 257 g/mol. The van der Waals surface area contributed by atoms with Gasteiger partial charge in [0.2, 0.25) is 0 Å². The second-order valence-corrected chi connectivity index (χ2v) is 3.73. The van der Waals surface area contributed by atoms with Gasteiger partial charge in [-0.3, -0.25) is 4.79 Å². The summed E-state index contributed by atoms with van der Waals surface area (Å²) in [5.74, 6) is -1.58. The van der Waals surface area contributed by atoms with Crippen LogP contribution in [0.1, 0.15) is 26.4 Å². The molecule has 6 heteroatoms. The van der Waals surface area contributed by atoms with Gasteiger partial charge in [-0.15, -0.1) is 0 Å². The van der Waals surface area contributed by atoms with Crippen molar-refractivity contribution >= 4 is 11.9 Å². The summed E-state index contributed by atoms with van der Waals surface area (Å²) in [6.45, 7) is 0.218. The van der Waals surface area contributed by atoms with E-state index in [1.807, 2.05) is 0 Å². The first-order valence-electron chi connectivity index (χ1n) is 5.54. The lowest BCUT2D eigenvalue weighted by Crippen LogP contribution is -2.25. The molecule has 2 N–H and O–H groups in total. The summed E-state index contributed by atoms with van der Waals surface area (Å²) in [6, 6.07) is 7.72. The molecule has 1 heterocycles. The minimum Gasteiger partial charge on any atom is -0.478 e. The fourth-order valence-electron chi connectivity index (χ4n) is 1.56. The summed E-state index contributed by atoms with van der Waals surface area (Å²) in [7, 11) is 0. The third kappa shape index (κ3) is 3.12. The van der Waals surface area contributed by atoms with Crippen LogP contribution < -0.4 is 5.32 Å². The van der Waals surface area contributed by atoms with Gasteiger partial charge < -0.3 is 10.4 Å². The van der Waals surface area contributed by atoms with Crippen LogP contribution in [-0.2, 0) is 6.54 Å². The Morgan fingerprint density at radius 3 is 2.53 bits per heavy atom. The number of aromatic nitrogens is 2. The molecule has 0 aliphatic carbocycles. The molecule has 0 unspecified atom stereocenters. The molecule has 1 aromatic heterocycles. The van der Waals surface area contributed by atoms with Crippen LogP contribution in [0, 0.1) is 0 Å². The van der Waals surface area contributed by atoms with Crippen molar-refractivity contribution in [3.8, 4) is 0 Å². The number of carboxylic acid groups (broad SMARTS) is 1. The molecule has 0 atom stereocenters. The number of hydrogen-bond acceptors (Lipinski definition) is 4. The number of carboxylic acids is 1. The highest BCUT2D eigenvalue weighted by Gasteiger charge is 2.15. The van der Waals surface area contributed by atoms with Crippen LogP contribution >= 0.6 is 0 Å². The van der Waals surface area contributed by atoms with Gasteiger partial charge in [0.15, 0.2) is 0 Å². The minimum absolute atomic E-state index is 0.0253. The highest BCUT2D eigenvalue weighted by Crippen LogP contribution is 2.08. The largest absolute Gasteiger partial charge is 0.478 e. The van der Waals surface area contributed by atoms with Gasteiger partial charge in [0, 0.05) is 6.20 Å². The van der Waals surface area contributed by atoms with Crippen LogP contribution in [-0.4, -0.2) is 27.0 Å². The van der Waals surface area contributed by atoms with E-state index in [1.54, 1.807) is 24.4 Å². The quantitative estimate of drug-likeness (QED) is 0.855. The highest BCUT2D eigenvalue weighted by molar-refractivity contribution is 6.04. The number of rotatable bonds is 4. The molecule has 2 rings (SSSR count). The van der Waals surface area contributed by atoms with E-state index in [2.05, 4.69) is 15.3 Å². The van der Waals surface area contributed by atoms with Crippen molar-refractivity contribution in [3.05, 3.63) is 59.7 Å². The smallest absolute Gasteiger partial charge is 0.336 e. The van der Waals surface area contributed by atoms with E-state index in [-0.39, 0.29) is 17.7 Å². The zero-order valence-corrected chi connectivity index (χ0v) is 9.91.